The zero-order chi connectivity index (χ0) is 12.7. The molecule has 4 heteroatoms. The number of amides is 1. The van der Waals surface area contributed by atoms with Gasteiger partial charge in [-0.25, -0.2) is 0 Å². The fraction of sp³-hybridized carbons (Fsp3) is 0.692. The standard InChI is InChI=1S/C13H21N3O/c1-3-10(2)15-9-11(8-14)13(17)16-12-6-4-5-7-12/h9-10,12,15H,3-7H2,1-2H3,(H,16,17)/b11-9-. The third-order valence-electron chi connectivity index (χ3n) is 3.18. The first-order valence-corrected chi connectivity index (χ1v) is 6.34. The fourth-order valence-electron chi connectivity index (χ4n) is 1.83. The second kappa shape index (κ2) is 6.95. The van der Waals surface area contributed by atoms with Crippen LogP contribution in [0.2, 0.25) is 0 Å². The Labute approximate surface area is 103 Å². The molecule has 0 bridgehead atoms. The Morgan fingerprint density at radius 3 is 2.71 bits per heavy atom. The smallest absolute Gasteiger partial charge is 0.263 e. The Morgan fingerprint density at radius 1 is 1.53 bits per heavy atom. The summed E-state index contributed by atoms with van der Waals surface area (Å²) in [5, 5.41) is 14.9. The summed E-state index contributed by atoms with van der Waals surface area (Å²) in [5.74, 6) is -0.254. The summed E-state index contributed by atoms with van der Waals surface area (Å²) in [6, 6.07) is 2.47. The van der Waals surface area contributed by atoms with E-state index >= 15 is 0 Å². The van der Waals surface area contributed by atoms with Crippen LogP contribution in [-0.4, -0.2) is 18.0 Å². The van der Waals surface area contributed by atoms with Gasteiger partial charge in [-0.2, -0.15) is 5.26 Å². The molecule has 1 aliphatic rings. The lowest BCUT2D eigenvalue weighted by Crippen LogP contribution is -2.34. The van der Waals surface area contributed by atoms with Gasteiger partial charge in [0, 0.05) is 18.3 Å². The molecule has 1 atom stereocenters. The quantitative estimate of drug-likeness (QED) is 0.564. The van der Waals surface area contributed by atoms with Crippen LogP contribution in [0.4, 0.5) is 0 Å². The monoisotopic (exact) mass is 235 g/mol. The second-order valence-corrected chi connectivity index (χ2v) is 4.60. The highest BCUT2D eigenvalue weighted by atomic mass is 16.1. The van der Waals surface area contributed by atoms with Gasteiger partial charge in [-0.3, -0.25) is 4.79 Å². The highest BCUT2D eigenvalue weighted by Gasteiger charge is 2.19. The van der Waals surface area contributed by atoms with E-state index in [-0.39, 0.29) is 23.6 Å². The Bertz CT molecular complexity index is 324. The number of nitriles is 1. The third kappa shape index (κ3) is 4.48. The van der Waals surface area contributed by atoms with E-state index in [0.717, 1.165) is 19.3 Å². The average Bonchev–Trinajstić information content (AvgIpc) is 2.82. The summed E-state index contributed by atoms with van der Waals surface area (Å²) in [7, 11) is 0. The molecule has 1 unspecified atom stereocenters. The van der Waals surface area contributed by atoms with Gasteiger partial charge < -0.3 is 10.6 Å². The molecule has 0 aromatic rings. The minimum atomic E-state index is -0.254. The predicted octanol–water partition coefficient (Wildman–Crippen LogP) is 1.84. The number of rotatable bonds is 5. The maximum atomic E-state index is 11.8. The number of hydrogen-bond donors (Lipinski definition) is 2. The first-order chi connectivity index (χ1) is 8.17. The molecule has 4 nitrogen and oxygen atoms in total. The topological polar surface area (TPSA) is 64.9 Å². The molecule has 0 aliphatic heterocycles. The van der Waals surface area contributed by atoms with Crippen molar-refractivity contribution in [3.8, 4) is 6.07 Å². The summed E-state index contributed by atoms with van der Waals surface area (Å²) < 4.78 is 0. The number of carbonyl (C=O) groups excluding carboxylic acids is 1. The van der Waals surface area contributed by atoms with Crippen molar-refractivity contribution in [2.45, 2.75) is 58.0 Å². The number of nitrogens with zero attached hydrogens (tertiary/aromatic N) is 1. The summed E-state index contributed by atoms with van der Waals surface area (Å²) in [6.07, 6.45) is 6.88. The molecule has 1 rings (SSSR count). The molecule has 1 amide bonds. The van der Waals surface area contributed by atoms with Crippen LogP contribution in [-0.2, 0) is 4.79 Å². The molecule has 0 spiro atoms. The molecule has 17 heavy (non-hydrogen) atoms. The molecule has 1 fully saturated rings. The van der Waals surface area contributed by atoms with Crippen LogP contribution in [0, 0.1) is 11.3 Å². The van der Waals surface area contributed by atoms with Gasteiger partial charge in [-0.1, -0.05) is 19.8 Å². The van der Waals surface area contributed by atoms with Crippen molar-refractivity contribution in [1.82, 2.24) is 10.6 Å². The van der Waals surface area contributed by atoms with Crippen LogP contribution >= 0.6 is 0 Å². The van der Waals surface area contributed by atoms with Crippen LogP contribution in [0.3, 0.4) is 0 Å². The molecule has 2 N–H and O–H groups in total. The fourth-order valence-corrected chi connectivity index (χ4v) is 1.83. The zero-order valence-corrected chi connectivity index (χ0v) is 10.6. The molecule has 1 saturated carbocycles. The minimum Gasteiger partial charge on any atom is -0.387 e. The van der Waals surface area contributed by atoms with Gasteiger partial charge in [0.1, 0.15) is 11.6 Å². The molecule has 1 aliphatic carbocycles. The van der Waals surface area contributed by atoms with Crippen molar-refractivity contribution in [2.24, 2.45) is 0 Å². The van der Waals surface area contributed by atoms with Crippen molar-refractivity contribution in [2.75, 3.05) is 0 Å². The largest absolute Gasteiger partial charge is 0.387 e. The Morgan fingerprint density at radius 2 is 2.18 bits per heavy atom. The van der Waals surface area contributed by atoms with Gasteiger partial charge >= 0.3 is 0 Å². The molecular weight excluding hydrogens is 214 g/mol. The Kier molecular flexibility index (Phi) is 5.55. The number of carbonyl (C=O) groups is 1. The molecule has 0 aromatic carbocycles. The Hall–Kier alpha value is -1.50. The zero-order valence-electron chi connectivity index (χ0n) is 10.6. The van der Waals surface area contributed by atoms with Crippen molar-refractivity contribution in [3.05, 3.63) is 11.8 Å². The van der Waals surface area contributed by atoms with Gasteiger partial charge in [0.2, 0.25) is 0 Å². The van der Waals surface area contributed by atoms with Crippen molar-refractivity contribution in [3.63, 3.8) is 0 Å². The predicted molar refractivity (Wildman–Crippen MR) is 67.0 cm³/mol. The minimum absolute atomic E-state index is 0.164. The molecule has 0 saturated heterocycles. The van der Waals surface area contributed by atoms with Crippen LogP contribution in [0.5, 0.6) is 0 Å². The Balaban J connectivity index is 2.48. The van der Waals surface area contributed by atoms with E-state index in [1.54, 1.807) is 0 Å². The third-order valence-corrected chi connectivity index (χ3v) is 3.18. The van der Waals surface area contributed by atoms with E-state index in [9.17, 15) is 4.79 Å². The van der Waals surface area contributed by atoms with Crippen LogP contribution in [0.25, 0.3) is 0 Å². The van der Waals surface area contributed by atoms with Gasteiger partial charge in [0.25, 0.3) is 5.91 Å². The van der Waals surface area contributed by atoms with E-state index in [2.05, 4.69) is 17.6 Å². The molecule has 0 radical (unpaired) electrons. The van der Waals surface area contributed by atoms with E-state index in [4.69, 9.17) is 5.26 Å². The average molecular weight is 235 g/mol. The first kappa shape index (κ1) is 13.6. The highest BCUT2D eigenvalue weighted by molar-refractivity contribution is 5.97. The van der Waals surface area contributed by atoms with Gasteiger partial charge in [0.15, 0.2) is 0 Å². The van der Waals surface area contributed by atoms with E-state index in [0.29, 0.717) is 0 Å². The second-order valence-electron chi connectivity index (χ2n) is 4.60. The SMILES string of the molecule is CCC(C)N/C=C(/C#N)C(=O)NC1CCCC1. The normalized spacial score (nSPS) is 18.5. The number of hydrogen-bond acceptors (Lipinski definition) is 3. The van der Waals surface area contributed by atoms with E-state index in [1.165, 1.54) is 19.0 Å². The molecule has 94 valence electrons. The van der Waals surface area contributed by atoms with Gasteiger partial charge in [0.05, 0.1) is 0 Å². The van der Waals surface area contributed by atoms with E-state index < -0.39 is 0 Å². The summed E-state index contributed by atoms with van der Waals surface area (Å²) in [5.41, 5.74) is 0.164. The summed E-state index contributed by atoms with van der Waals surface area (Å²) >= 11 is 0. The molecule has 0 aromatic heterocycles. The van der Waals surface area contributed by atoms with E-state index in [1.807, 2.05) is 13.0 Å². The highest BCUT2D eigenvalue weighted by Crippen LogP contribution is 2.17. The van der Waals surface area contributed by atoms with Crippen LogP contribution < -0.4 is 10.6 Å². The van der Waals surface area contributed by atoms with Crippen molar-refractivity contribution in [1.29, 1.82) is 5.26 Å². The van der Waals surface area contributed by atoms with Gasteiger partial charge in [-0.15, -0.1) is 0 Å². The lowest BCUT2D eigenvalue weighted by molar-refractivity contribution is -0.117. The van der Waals surface area contributed by atoms with Crippen molar-refractivity contribution >= 4 is 5.91 Å². The summed E-state index contributed by atoms with van der Waals surface area (Å²) in [4.78, 5) is 11.8. The van der Waals surface area contributed by atoms with Crippen LogP contribution in [0.1, 0.15) is 46.0 Å². The first-order valence-electron chi connectivity index (χ1n) is 6.34. The number of nitrogens with one attached hydrogen (secondary N) is 2. The lowest BCUT2D eigenvalue weighted by atomic mass is 10.2. The maximum absolute atomic E-state index is 11.8. The maximum Gasteiger partial charge on any atom is 0.263 e. The van der Waals surface area contributed by atoms with Crippen molar-refractivity contribution < 1.29 is 4.79 Å². The summed E-state index contributed by atoms with van der Waals surface area (Å²) in [6.45, 7) is 4.07. The molecular formula is C13H21N3O. The van der Waals surface area contributed by atoms with Crippen LogP contribution in [0.15, 0.2) is 11.8 Å². The molecule has 0 heterocycles. The lowest BCUT2D eigenvalue weighted by Gasteiger charge is -2.12. The van der Waals surface area contributed by atoms with Gasteiger partial charge in [-0.05, 0) is 26.2 Å².